The zero-order valence-electron chi connectivity index (χ0n) is 4.02. The molecule has 0 rings (SSSR count). The van der Waals surface area contributed by atoms with Crippen molar-refractivity contribution in [1.29, 1.82) is 0 Å². The van der Waals surface area contributed by atoms with E-state index in [1.165, 1.54) is 6.92 Å². The molecule has 0 fully saturated rings. The third-order valence-electron chi connectivity index (χ3n) is 0.516. The van der Waals surface area contributed by atoms with Gasteiger partial charge in [0.25, 0.3) is 0 Å². The topological polar surface area (TPSA) is 26.3 Å². The van der Waals surface area contributed by atoms with Crippen molar-refractivity contribution < 1.29 is 9.22 Å². The molecule has 0 aliphatic heterocycles. The van der Waals surface area contributed by atoms with E-state index in [0.29, 0.717) is 0 Å². The van der Waals surface area contributed by atoms with Gasteiger partial charge in [0.1, 0.15) is 5.76 Å². The fraction of sp³-hybridized carbons (Fsp3) is 0.250. The SMILES string of the molecule is C=C(O[Si])C(C)=O. The van der Waals surface area contributed by atoms with Crippen LogP contribution in [0.5, 0.6) is 0 Å². The summed E-state index contributed by atoms with van der Waals surface area (Å²) in [6, 6.07) is 0. The van der Waals surface area contributed by atoms with Crippen molar-refractivity contribution in [3.63, 3.8) is 0 Å². The van der Waals surface area contributed by atoms with Crippen molar-refractivity contribution in [2.45, 2.75) is 6.92 Å². The minimum Gasteiger partial charge on any atom is -0.538 e. The Morgan fingerprint density at radius 3 is 2.29 bits per heavy atom. The van der Waals surface area contributed by atoms with Gasteiger partial charge >= 0.3 is 10.5 Å². The molecule has 0 saturated heterocycles. The molecule has 0 aliphatic rings. The van der Waals surface area contributed by atoms with Gasteiger partial charge in [-0.2, -0.15) is 0 Å². The monoisotopic (exact) mass is 113 g/mol. The molecule has 0 aromatic rings. The van der Waals surface area contributed by atoms with Crippen LogP contribution in [0.4, 0.5) is 0 Å². The van der Waals surface area contributed by atoms with Gasteiger partial charge in [0.2, 0.25) is 0 Å². The Morgan fingerprint density at radius 2 is 2.29 bits per heavy atom. The minimum atomic E-state index is -0.171. The van der Waals surface area contributed by atoms with Crippen molar-refractivity contribution in [2.75, 3.05) is 0 Å². The van der Waals surface area contributed by atoms with E-state index in [9.17, 15) is 4.79 Å². The van der Waals surface area contributed by atoms with Crippen LogP contribution in [0.25, 0.3) is 0 Å². The fourth-order valence-electron chi connectivity index (χ4n) is 0.0719. The summed E-state index contributed by atoms with van der Waals surface area (Å²) in [4.78, 5) is 10.1. The Balaban J connectivity index is 3.58. The summed E-state index contributed by atoms with van der Waals surface area (Å²) in [5.74, 6) is -0.0494. The van der Waals surface area contributed by atoms with Gasteiger partial charge in [-0.25, -0.2) is 0 Å². The van der Waals surface area contributed by atoms with Crippen LogP contribution in [-0.2, 0) is 9.22 Å². The van der Waals surface area contributed by atoms with Crippen LogP contribution in [0.3, 0.4) is 0 Å². The van der Waals surface area contributed by atoms with E-state index in [2.05, 4.69) is 21.5 Å². The second kappa shape index (κ2) is 2.57. The molecule has 2 nitrogen and oxygen atoms in total. The Labute approximate surface area is 45.7 Å². The van der Waals surface area contributed by atoms with Gasteiger partial charge in [-0.15, -0.1) is 0 Å². The third-order valence-corrected chi connectivity index (χ3v) is 0.762. The largest absolute Gasteiger partial charge is 0.538 e. The zero-order valence-corrected chi connectivity index (χ0v) is 5.02. The van der Waals surface area contributed by atoms with E-state index in [-0.39, 0.29) is 11.5 Å². The molecule has 37 valence electrons. The van der Waals surface area contributed by atoms with E-state index in [4.69, 9.17) is 0 Å². The molecule has 0 amide bonds. The van der Waals surface area contributed by atoms with Crippen LogP contribution < -0.4 is 0 Å². The molecular weight excluding hydrogens is 108 g/mol. The van der Waals surface area contributed by atoms with Crippen molar-refractivity contribution in [1.82, 2.24) is 0 Å². The molecule has 0 aromatic carbocycles. The molecular formula is C4H5O2Si. The fourth-order valence-corrected chi connectivity index (χ4v) is 0.216. The molecule has 0 spiro atoms. The van der Waals surface area contributed by atoms with E-state index >= 15 is 0 Å². The molecule has 0 saturated carbocycles. The van der Waals surface area contributed by atoms with E-state index in [1.54, 1.807) is 0 Å². The third kappa shape index (κ3) is 2.16. The van der Waals surface area contributed by atoms with E-state index < -0.39 is 0 Å². The maximum absolute atomic E-state index is 10.1. The summed E-state index contributed by atoms with van der Waals surface area (Å²) in [6.07, 6.45) is 0. The predicted molar refractivity (Wildman–Crippen MR) is 26.7 cm³/mol. The highest BCUT2D eigenvalue weighted by Gasteiger charge is 1.94. The number of carbonyl (C=O) groups excluding carboxylic acids is 1. The van der Waals surface area contributed by atoms with Gasteiger partial charge in [0.15, 0.2) is 5.78 Å². The van der Waals surface area contributed by atoms with Crippen LogP contribution in [0, 0.1) is 0 Å². The lowest BCUT2D eigenvalue weighted by molar-refractivity contribution is -0.115. The lowest BCUT2D eigenvalue weighted by atomic mass is 10.4. The maximum Gasteiger partial charge on any atom is 0.341 e. The highest BCUT2D eigenvalue weighted by Crippen LogP contribution is 1.87. The van der Waals surface area contributed by atoms with Gasteiger partial charge in [-0.05, 0) is 0 Å². The van der Waals surface area contributed by atoms with Crippen LogP contribution in [-0.4, -0.2) is 16.3 Å². The first kappa shape index (κ1) is 6.43. The quantitative estimate of drug-likeness (QED) is 0.290. The lowest BCUT2D eigenvalue weighted by Gasteiger charge is -1.93. The first-order chi connectivity index (χ1) is 3.18. The van der Waals surface area contributed by atoms with E-state index in [1.807, 2.05) is 0 Å². The standard InChI is InChI=1S/C4H5O2Si/c1-3(5)4(2)6-7/h2H2,1H3. The van der Waals surface area contributed by atoms with Crippen molar-refractivity contribution in [3.8, 4) is 0 Å². The summed E-state index contributed by atoms with van der Waals surface area (Å²) < 4.78 is 4.27. The summed E-state index contributed by atoms with van der Waals surface area (Å²) in [5, 5.41) is 0. The Bertz CT molecular complexity index is 97.9. The van der Waals surface area contributed by atoms with Crippen LogP contribution in [0.2, 0.25) is 0 Å². The molecule has 0 heterocycles. The van der Waals surface area contributed by atoms with Gasteiger partial charge in [0, 0.05) is 6.92 Å². The number of allylic oxidation sites excluding steroid dienone is 1. The van der Waals surface area contributed by atoms with Crippen molar-refractivity contribution in [3.05, 3.63) is 12.3 Å². The van der Waals surface area contributed by atoms with Crippen molar-refractivity contribution >= 4 is 16.3 Å². The molecule has 0 unspecified atom stereocenters. The number of hydrogen-bond acceptors (Lipinski definition) is 2. The molecule has 3 heteroatoms. The van der Waals surface area contributed by atoms with E-state index in [0.717, 1.165) is 0 Å². The minimum absolute atomic E-state index is 0.122. The smallest absolute Gasteiger partial charge is 0.341 e. The van der Waals surface area contributed by atoms with Crippen LogP contribution in [0.1, 0.15) is 6.92 Å². The predicted octanol–water partition coefficient (Wildman–Crippen LogP) is 0.189. The Kier molecular flexibility index (Phi) is 2.36. The highest BCUT2D eigenvalue weighted by atomic mass is 28.2. The number of Topliss-reactive ketones (excluding diaryl/α,β-unsaturated/α-hetero) is 1. The van der Waals surface area contributed by atoms with Gasteiger partial charge in [-0.3, -0.25) is 4.79 Å². The van der Waals surface area contributed by atoms with Gasteiger partial charge < -0.3 is 4.43 Å². The molecule has 0 aliphatic carbocycles. The first-order valence-electron chi connectivity index (χ1n) is 1.72. The van der Waals surface area contributed by atoms with Crippen molar-refractivity contribution in [2.24, 2.45) is 0 Å². The van der Waals surface area contributed by atoms with Crippen LogP contribution >= 0.6 is 0 Å². The second-order valence-electron chi connectivity index (χ2n) is 1.08. The normalized spacial score (nSPS) is 7.71. The summed E-state index contributed by atoms with van der Waals surface area (Å²) in [6.45, 7) is 4.63. The van der Waals surface area contributed by atoms with Crippen LogP contribution in [0.15, 0.2) is 12.3 Å². The highest BCUT2D eigenvalue weighted by molar-refractivity contribution is 6.03. The number of rotatable bonds is 2. The summed E-state index contributed by atoms with van der Waals surface area (Å²) in [5.41, 5.74) is 0. The molecule has 0 atom stereocenters. The van der Waals surface area contributed by atoms with Gasteiger partial charge in [-0.1, -0.05) is 6.58 Å². The number of ketones is 1. The second-order valence-corrected chi connectivity index (χ2v) is 1.29. The molecule has 0 N–H and O–H groups in total. The molecule has 3 radical (unpaired) electrons. The summed E-state index contributed by atoms with van der Waals surface area (Å²) >= 11 is 0. The molecule has 0 aromatic heterocycles. The van der Waals surface area contributed by atoms with Gasteiger partial charge in [0.05, 0.1) is 0 Å². The molecule has 0 bridgehead atoms. The first-order valence-corrected chi connectivity index (χ1v) is 2.12. The average Bonchev–Trinajstić information content (AvgIpc) is 1.65. The zero-order chi connectivity index (χ0) is 5.86. The molecule has 7 heavy (non-hydrogen) atoms. The lowest BCUT2D eigenvalue weighted by Crippen LogP contribution is -1.96. The Hall–Kier alpha value is -0.573. The summed E-state index contributed by atoms with van der Waals surface area (Å²) in [7, 11) is 2.64. The maximum atomic E-state index is 10.1. The Morgan fingerprint density at radius 1 is 1.86 bits per heavy atom. The number of hydrogen-bond donors (Lipinski definition) is 0. The number of carbonyl (C=O) groups is 1. The average molecular weight is 113 g/mol.